The Bertz CT molecular complexity index is 1930. The van der Waals surface area contributed by atoms with Crippen molar-refractivity contribution in [3.63, 3.8) is 0 Å². The number of carboxylic acid groups (broad SMARTS) is 1. The first kappa shape index (κ1) is 33.6. The smallest absolute Gasteiger partial charge is 0.309 e. The van der Waals surface area contributed by atoms with Gasteiger partial charge in [-0.15, -0.1) is 0 Å². The maximum absolute atomic E-state index is 11.8. The van der Waals surface area contributed by atoms with Crippen LogP contribution in [0.25, 0.3) is 0 Å². The van der Waals surface area contributed by atoms with Crippen LogP contribution in [0.2, 0.25) is 0 Å². The van der Waals surface area contributed by atoms with Crippen LogP contribution in [0.3, 0.4) is 0 Å². The van der Waals surface area contributed by atoms with E-state index in [-0.39, 0.29) is 24.3 Å². The Morgan fingerprint density at radius 2 is 1.56 bits per heavy atom. The number of nitrogens with zero attached hydrogens (tertiary/aromatic N) is 2. The molecule has 0 aromatic heterocycles. The molecule has 2 N–H and O–H groups in total. The highest BCUT2D eigenvalue weighted by Gasteiger charge is 2.41. The van der Waals surface area contributed by atoms with Gasteiger partial charge in [0.05, 0.1) is 47.9 Å². The third kappa shape index (κ3) is 6.18. The van der Waals surface area contributed by atoms with Crippen LogP contribution in [0, 0.1) is 0 Å². The highest BCUT2D eigenvalue weighted by atomic mass is 16.5. The Morgan fingerprint density at radius 1 is 0.860 bits per heavy atom. The van der Waals surface area contributed by atoms with Crippen molar-refractivity contribution in [1.29, 1.82) is 0 Å². The third-order valence-corrected chi connectivity index (χ3v) is 10.9. The van der Waals surface area contributed by atoms with Crippen LogP contribution in [-0.2, 0) is 30.5 Å². The molecule has 3 unspecified atom stereocenters. The Balaban J connectivity index is 1.46. The summed E-state index contributed by atoms with van der Waals surface area (Å²) in [4.78, 5) is 14.1. The summed E-state index contributed by atoms with van der Waals surface area (Å²) in [5.41, 5.74) is 6.29. The van der Waals surface area contributed by atoms with E-state index in [1.54, 1.807) is 21.3 Å². The zero-order chi connectivity index (χ0) is 35.2. The standard InChI is InChI=1S/C40H44N2O8/c1-41-15-12-27-22-36(48-5)39(45)40-38(27)30(41)18-25-8-11-32(46-3)34(20-25)49-28-9-6-24(7-10-28)19-31-29-23-35(50-40)33(47-4)21-26(29)13-16-42(31,2)17-14-37(43)44/h6-11,20-23,30-31H,12-19H2,1-5H3,(H-,43,44,45)/p+1. The number of likely N-dealkylation sites (N-methyl/N-ethyl adjacent to an activating group) is 2. The van der Waals surface area contributed by atoms with Crippen LogP contribution in [-0.4, -0.2) is 80.6 Å². The van der Waals surface area contributed by atoms with Gasteiger partial charge in [-0.2, -0.15) is 0 Å². The first-order valence-electron chi connectivity index (χ1n) is 17.1. The van der Waals surface area contributed by atoms with Gasteiger partial charge in [-0.3, -0.25) is 9.69 Å². The molecule has 0 amide bonds. The molecule has 10 nitrogen and oxygen atoms in total. The van der Waals surface area contributed by atoms with Crippen LogP contribution in [0.1, 0.15) is 51.9 Å². The summed E-state index contributed by atoms with van der Waals surface area (Å²) >= 11 is 0. The van der Waals surface area contributed by atoms with Crippen molar-refractivity contribution in [2.24, 2.45) is 0 Å². The Hall–Kier alpha value is -4.93. The summed E-state index contributed by atoms with van der Waals surface area (Å²) < 4.78 is 31.2. The summed E-state index contributed by atoms with van der Waals surface area (Å²) in [5.74, 6) is 2.78. The average Bonchev–Trinajstić information content (AvgIpc) is 3.11. The number of phenolic OH excluding ortho intramolecular Hbond substituents is 1. The van der Waals surface area contributed by atoms with Crippen molar-refractivity contribution < 1.29 is 43.2 Å². The number of ether oxygens (including phenoxy) is 5. The summed E-state index contributed by atoms with van der Waals surface area (Å²) in [5, 5.41) is 21.5. The molecule has 6 bridgehead atoms. The van der Waals surface area contributed by atoms with Gasteiger partial charge in [0.15, 0.2) is 34.5 Å². The second kappa shape index (κ2) is 13.4. The molecule has 8 rings (SSSR count). The molecule has 0 radical (unpaired) electrons. The second-order valence-corrected chi connectivity index (χ2v) is 13.9. The molecule has 50 heavy (non-hydrogen) atoms. The third-order valence-electron chi connectivity index (χ3n) is 10.9. The molecule has 0 fully saturated rings. The number of carboxylic acids is 1. The molecular weight excluding hydrogens is 636 g/mol. The fourth-order valence-electron chi connectivity index (χ4n) is 7.96. The maximum Gasteiger partial charge on any atom is 0.309 e. The van der Waals surface area contributed by atoms with E-state index in [1.807, 2.05) is 48.5 Å². The van der Waals surface area contributed by atoms with E-state index in [9.17, 15) is 15.0 Å². The molecule has 0 saturated carbocycles. The number of hydrogen-bond donors (Lipinski definition) is 2. The number of phenols is 1. The molecule has 0 aliphatic carbocycles. The van der Waals surface area contributed by atoms with E-state index in [0.717, 1.165) is 59.3 Å². The molecule has 4 heterocycles. The summed E-state index contributed by atoms with van der Waals surface area (Å²) in [6.07, 6.45) is 2.87. The van der Waals surface area contributed by atoms with Gasteiger partial charge >= 0.3 is 5.97 Å². The van der Waals surface area contributed by atoms with Gasteiger partial charge in [-0.25, -0.2) is 0 Å². The van der Waals surface area contributed by atoms with Crippen LogP contribution < -0.4 is 23.7 Å². The normalized spacial score (nSPS) is 21.1. The van der Waals surface area contributed by atoms with Crippen LogP contribution >= 0.6 is 0 Å². The van der Waals surface area contributed by atoms with E-state index in [0.29, 0.717) is 64.1 Å². The zero-order valence-corrected chi connectivity index (χ0v) is 29.3. The van der Waals surface area contributed by atoms with E-state index < -0.39 is 5.97 Å². The van der Waals surface area contributed by atoms with Gasteiger partial charge in [-0.05, 0) is 84.6 Å². The quantitative estimate of drug-likeness (QED) is 0.212. The average molecular weight is 682 g/mol. The fraction of sp³-hybridized carbons (Fsp3) is 0.375. The number of carbonyl (C=O) groups is 1. The Labute approximate surface area is 292 Å². The highest BCUT2D eigenvalue weighted by molar-refractivity contribution is 5.67. The molecule has 4 aromatic carbocycles. The summed E-state index contributed by atoms with van der Waals surface area (Å²) in [6.45, 7) is 2.08. The number of hydrogen-bond acceptors (Lipinski definition) is 8. The maximum atomic E-state index is 11.8. The molecule has 3 atom stereocenters. The van der Waals surface area contributed by atoms with Crippen molar-refractivity contribution in [2.75, 3.05) is 55.1 Å². The topological polar surface area (TPSA) is 107 Å². The first-order chi connectivity index (χ1) is 24.1. The largest absolute Gasteiger partial charge is 0.502 e. The number of rotatable bonds is 6. The predicted molar refractivity (Wildman–Crippen MR) is 188 cm³/mol. The molecular formula is C40H45N2O8+. The number of quaternary nitrogens is 1. The monoisotopic (exact) mass is 681 g/mol. The van der Waals surface area contributed by atoms with E-state index >= 15 is 0 Å². The van der Waals surface area contributed by atoms with Crippen molar-refractivity contribution in [3.05, 3.63) is 94.0 Å². The highest BCUT2D eigenvalue weighted by Crippen LogP contribution is 2.52. The molecule has 4 aliphatic rings. The number of fused-ring (bicyclic) bond motifs is 2. The van der Waals surface area contributed by atoms with Crippen molar-refractivity contribution >= 4 is 5.97 Å². The van der Waals surface area contributed by atoms with Gasteiger partial charge < -0.3 is 38.4 Å². The van der Waals surface area contributed by atoms with Crippen molar-refractivity contribution in [1.82, 2.24) is 4.90 Å². The lowest BCUT2D eigenvalue weighted by atomic mass is 9.86. The van der Waals surface area contributed by atoms with Crippen molar-refractivity contribution in [3.8, 4) is 46.0 Å². The molecule has 0 spiro atoms. The van der Waals surface area contributed by atoms with Crippen LogP contribution in [0.4, 0.5) is 0 Å². The van der Waals surface area contributed by atoms with Crippen LogP contribution in [0.15, 0.2) is 60.7 Å². The van der Waals surface area contributed by atoms with E-state index in [2.05, 4.69) is 31.1 Å². The predicted octanol–water partition coefficient (Wildman–Crippen LogP) is 6.85. The minimum absolute atomic E-state index is 0.0637. The molecule has 10 heteroatoms. The Kier molecular flexibility index (Phi) is 9.00. The molecule has 4 aromatic rings. The molecule has 0 saturated heterocycles. The van der Waals surface area contributed by atoms with Crippen molar-refractivity contribution in [2.45, 2.75) is 44.2 Å². The lowest BCUT2D eigenvalue weighted by Gasteiger charge is -2.46. The SMILES string of the molecule is COc1ccc2cc1Oc1ccc(cc1)CC1c3cc(c(OC)cc3CC[N+]1(C)CCC(=O)O)Oc1c(O)c(OC)cc3c1C(C2)N(C)CC3. The minimum atomic E-state index is -0.812. The van der Waals surface area contributed by atoms with Gasteiger partial charge in [0, 0.05) is 36.6 Å². The minimum Gasteiger partial charge on any atom is -0.502 e. The number of methoxy groups -OCH3 is 3. The van der Waals surface area contributed by atoms with Gasteiger partial charge in [0.25, 0.3) is 0 Å². The fourth-order valence-corrected chi connectivity index (χ4v) is 7.96. The first-order valence-corrected chi connectivity index (χ1v) is 17.1. The second-order valence-electron chi connectivity index (χ2n) is 13.9. The van der Waals surface area contributed by atoms with Gasteiger partial charge in [-0.1, -0.05) is 18.2 Å². The molecule has 262 valence electrons. The zero-order valence-electron chi connectivity index (χ0n) is 29.3. The lowest BCUT2D eigenvalue weighted by Crippen LogP contribution is -2.53. The van der Waals surface area contributed by atoms with Gasteiger partial charge in [0.1, 0.15) is 11.8 Å². The van der Waals surface area contributed by atoms with Crippen LogP contribution in [0.5, 0.6) is 46.0 Å². The van der Waals surface area contributed by atoms with E-state index in [4.69, 9.17) is 23.7 Å². The molecule has 4 aliphatic heterocycles. The lowest BCUT2D eigenvalue weighted by molar-refractivity contribution is -0.940. The number of aromatic hydroxyl groups is 1. The van der Waals surface area contributed by atoms with E-state index in [1.165, 1.54) is 0 Å². The summed E-state index contributed by atoms with van der Waals surface area (Å²) in [6, 6.07) is 19.9. The number of benzene rings is 4. The van der Waals surface area contributed by atoms with Gasteiger partial charge in [0.2, 0.25) is 5.75 Å². The Morgan fingerprint density at radius 3 is 2.28 bits per heavy atom. The summed E-state index contributed by atoms with van der Waals surface area (Å²) in [7, 11) is 9.05. The number of aliphatic carboxylic acids is 1.